The van der Waals surface area contributed by atoms with E-state index in [-0.39, 0.29) is 12.5 Å². The zero-order chi connectivity index (χ0) is 20.3. The van der Waals surface area contributed by atoms with Crippen LogP contribution in [-0.4, -0.2) is 52.9 Å². The van der Waals surface area contributed by atoms with Gasteiger partial charge in [-0.25, -0.2) is 0 Å². The van der Waals surface area contributed by atoms with Crippen LogP contribution in [0, 0.1) is 13.8 Å². The standard InChI is InChI=1S/C21H25ClN4O2/c1-14-6-5-7-16(12-14)17-8-9-18(23-17)21-20(22)15(2)24-26(21)13-19(27)28-11-10-25(3)4/h5-9,12,23H,10-11,13H2,1-4H3. The summed E-state index contributed by atoms with van der Waals surface area (Å²) in [4.78, 5) is 17.6. The first kappa shape index (κ1) is 20.2. The normalized spacial score (nSPS) is 11.2. The zero-order valence-electron chi connectivity index (χ0n) is 16.6. The monoisotopic (exact) mass is 400 g/mol. The number of carbonyl (C=O) groups is 1. The van der Waals surface area contributed by atoms with Crippen LogP contribution >= 0.6 is 11.6 Å². The number of halogens is 1. The van der Waals surface area contributed by atoms with Gasteiger partial charge in [0.1, 0.15) is 18.8 Å². The minimum absolute atomic E-state index is 0.00905. The largest absolute Gasteiger partial charge is 0.463 e. The second-order valence-corrected chi connectivity index (χ2v) is 7.46. The summed E-state index contributed by atoms with van der Waals surface area (Å²) in [5.41, 5.74) is 5.42. The first-order chi connectivity index (χ1) is 13.3. The number of H-pyrrole nitrogens is 1. The van der Waals surface area contributed by atoms with Crippen LogP contribution in [0.3, 0.4) is 0 Å². The summed E-state index contributed by atoms with van der Waals surface area (Å²) in [7, 11) is 3.86. The van der Waals surface area contributed by atoms with Crippen molar-refractivity contribution in [3.05, 3.63) is 52.7 Å². The van der Waals surface area contributed by atoms with Gasteiger partial charge in [-0.1, -0.05) is 35.4 Å². The van der Waals surface area contributed by atoms with Crippen molar-refractivity contribution in [3.8, 4) is 22.6 Å². The molecule has 0 aliphatic heterocycles. The van der Waals surface area contributed by atoms with Gasteiger partial charge in [0.15, 0.2) is 0 Å². The van der Waals surface area contributed by atoms with E-state index in [0.29, 0.717) is 29.6 Å². The number of esters is 1. The van der Waals surface area contributed by atoms with Gasteiger partial charge in [-0.3, -0.25) is 9.48 Å². The van der Waals surface area contributed by atoms with E-state index in [1.54, 1.807) is 4.68 Å². The van der Waals surface area contributed by atoms with Crippen molar-refractivity contribution in [3.63, 3.8) is 0 Å². The van der Waals surface area contributed by atoms with Crippen LogP contribution in [0.4, 0.5) is 0 Å². The van der Waals surface area contributed by atoms with Gasteiger partial charge in [-0.15, -0.1) is 0 Å². The highest BCUT2D eigenvalue weighted by Crippen LogP contribution is 2.32. The summed E-state index contributed by atoms with van der Waals surface area (Å²) in [6.45, 7) is 4.91. The summed E-state index contributed by atoms with van der Waals surface area (Å²) in [6.07, 6.45) is 0. The lowest BCUT2D eigenvalue weighted by Gasteiger charge is -2.11. The molecule has 3 aromatic rings. The van der Waals surface area contributed by atoms with E-state index >= 15 is 0 Å². The highest BCUT2D eigenvalue weighted by Gasteiger charge is 2.19. The molecular formula is C21H25ClN4O2. The lowest BCUT2D eigenvalue weighted by Crippen LogP contribution is -2.22. The average molecular weight is 401 g/mol. The minimum atomic E-state index is -0.340. The molecule has 2 heterocycles. The van der Waals surface area contributed by atoms with Crippen molar-refractivity contribution in [2.75, 3.05) is 27.2 Å². The Hall–Kier alpha value is -2.57. The first-order valence-electron chi connectivity index (χ1n) is 9.15. The van der Waals surface area contributed by atoms with Crippen molar-refractivity contribution in [2.45, 2.75) is 20.4 Å². The van der Waals surface area contributed by atoms with Crippen LogP contribution in [0.25, 0.3) is 22.6 Å². The van der Waals surface area contributed by atoms with Gasteiger partial charge in [0.2, 0.25) is 0 Å². The summed E-state index contributed by atoms with van der Waals surface area (Å²) in [5, 5.41) is 4.95. The van der Waals surface area contributed by atoms with Crippen LogP contribution in [0.15, 0.2) is 36.4 Å². The van der Waals surface area contributed by atoms with Gasteiger partial charge >= 0.3 is 5.97 Å². The lowest BCUT2D eigenvalue weighted by atomic mass is 10.1. The third-order valence-corrected chi connectivity index (χ3v) is 4.86. The van der Waals surface area contributed by atoms with E-state index in [4.69, 9.17) is 16.3 Å². The zero-order valence-corrected chi connectivity index (χ0v) is 17.4. The first-order valence-corrected chi connectivity index (χ1v) is 9.52. The van der Waals surface area contributed by atoms with Gasteiger partial charge in [-0.05, 0) is 51.7 Å². The fourth-order valence-electron chi connectivity index (χ4n) is 2.96. The Labute approximate surface area is 170 Å². The molecule has 0 amide bonds. The fourth-order valence-corrected chi connectivity index (χ4v) is 3.19. The highest BCUT2D eigenvalue weighted by molar-refractivity contribution is 6.33. The number of ether oxygens (including phenoxy) is 1. The molecule has 148 valence electrons. The number of aryl methyl sites for hydroxylation is 2. The molecule has 1 N–H and O–H groups in total. The molecule has 0 bridgehead atoms. The maximum Gasteiger partial charge on any atom is 0.327 e. The van der Waals surface area contributed by atoms with Crippen molar-refractivity contribution in [1.82, 2.24) is 19.7 Å². The van der Waals surface area contributed by atoms with Gasteiger partial charge < -0.3 is 14.6 Å². The number of likely N-dealkylation sites (N-methyl/N-ethyl adjacent to an activating group) is 1. The third kappa shape index (κ3) is 4.64. The van der Waals surface area contributed by atoms with E-state index in [9.17, 15) is 4.79 Å². The Balaban J connectivity index is 1.84. The van der Waals surface area contributed by atoms with Gasteiger partial charge in [0.25, 0.3) is 0 Å². The minimum Gasteiger partial charge on any atom is -0.463 e. The van der Waals surface area contributed by atoms with E-state index in [1.165, 1.54) is 5.56 Å². The second-order valence-electron chi connectivity index (χ2n) is 7.08. The van der Waals surface area contributed by atoms with Crippen LogP contribution in [-0.2, 0) is 16.1 Å². The van der Waals surface area contributed by atoms with Crippen molar-refractivity contribution in [2.24, 2.45) is 0 Å². The number of rotatable bonds is 7. The number of benzene rings is 1. The SMILES string of the molecule is Cc1cccc(-c2ccc(-c3c(Cl)c(C)nn3CC(=O)OCCN(C)C)[nH]2)c1. The Morgan fingerprint density at radius 1 is 1.21 bits per heavy atom. The third-order valence-electron chi connectivity index (χ3n) is 4.40. The Morgan fingerprint density at radius 2 is 1.96 bits per heavy atom. The topological polar surface area (TPSA) is 63.2 Å². The molecule has 0 fully saturated rings. The maximum absolute atomic E-state index is 12.2. The van der Waals surface area contributed by atoms with E-state index < -0.39 is 0 Å². The Morgan fingerprint density at radius 3 is 2.68 bits per heavy atom. The molecule has 1 aromatic carbocycles. The smallest absolute Gasteiger partial charge is 0.327 e. The van der Waals surface area contributed by atoms with Crippen LogP contribution in [0.2, 0.25) is 5.02 Å². The molecular weight excluding hydrogens is 376 g/mol. The lowest BCUT2D eigenvalue weighted by molar-refractivity contribution is -0.144. The Bertz CT molecular complexity index is 975. The molecule has 0 saturated carbocycles. The van der Waals surface area contributed by atoms with E-state index in [0.717, 1.165) is 17.0 Å². The van der Waals surface area contributed by atoms with Gasteiger partial charge in [-0.2, -0.15) is 5.10 Å². The molecule has 0 spiro atoms. The number of aromatic nitrogens is 3. The predicted octanol–water partition coefficient (Wildman–Crippen LogP) is 3.92. The van der Waals surface area contributed by atoms with E-state index in [2.05, 4.69) is 35.2 Å². The number of aromatic amines is 1. The average Bonchev–Trinajstić information content (AvgIpc) is 3.20. The number of hydrogen-bond acceptors (Lipinski definition) is 4. The molecule has 0 unspecified atom stereocenters. The molecule has 0 atom stereocenters. The molecule has 28 heavy (non-hydrogen) atoms. The Kier molecular flexibility index (Phi) is 6.21. The molecule has 7 heteroatoms. The van der Waals surface area contributed by atoms with Gasteiger partial charge in [0.05, 0.1) is 16.4 Å². The molecule has 0 aliphatic rings. The van der Waals surface area contributed by atoms with Crippen molar-refractivity contribution in [1.29, 1.82) is 0 Å². The van der Waals surface area contributed by atoms with E-state index in [1.807, 2.05) is 44.1 Å². The van der Waals surface area contributed by atoms with Gasteiger partial charge in [0, 0.05) is 12.2 Å². The second kappa shape index (κ2) is 8.63. The molecule has 2 aromatic heterocycles. The number of nitrogens with zero attached hydrogens (tertiary/aromatic N) is 3. The molecule has 6 nitrogen and oxygen atoms in total. The quantitative estimate of drug-likeness (QED) is 0.610. The van der Waals surface area contributed by atoms with Crippen molar-refractivity contribution >= 4 is 17.6 Å². The maximum atomic E-state index is 12.2. The molecule has 0 saturated heterocycles. The highest BCUT2D eigenvalue weighted by atomic mass is 35.5. The fraction of sp³-hybridized carbons (Fsp3) is 0.333. The van der Waals surface area contributed by atoms with Crippen molar-refractivity contribution < 1.29 is 9.53 Å². The summed E-state index contributed by atoms with van der Waals surface area (Å²) < 4.78 is 6.89. The summed E-state index contributed by atoms with van der Waals surface area (Å²) in [5.74, 6) is -0.340. The summed E-state index contributed by atoms with van der Waals surface area (Å²) in [6, 6.07) is 12.2. The van der Waals surface area contributed by atoms with Crippen LogP contribution in [0.1, 0.15) is 11.3 Å². The van der Waals surface area contributed by atoms with Crippen LogP contribution in [0.5, 0.6) is 0 Å². The molecule has 0 radical (unpaired) electrons. The molecule has 3 rings (SSSR count). The number of nitrogens with one attached hydrogen (secondary N) is 1. The summed E-state index contributed by atoms with van der Waals surface area (Å²) >= 11 is 6.50. The number of carbonyl (C=O) groups excluding carboxylic acids is 1. The molecule has 0 aliphatic carbocycles. The predicted molar refractivity (Wildman–Crippen MR) is 111 cm³/mol. The number of hydrogen-bond donors (Lipinski definition) is 1. The van der Waals surface area contributed by atoms with Crippen LogP contribution < -0.4 is 0 Å².